The molecule has 6 heteroatoms. The van der Waals surface area contributed by atoms with E-state index >= 15 is 0 Å². The number of aromatic nitrogens is 2. The molecule has 1 aromatic heterocycles. The molecule has 0 amide bonds. The number of nitrogens with two attached hydrogens (primary N) is 1. The Kier molecular flexibility index (Phi) is 7.98. The first-order chi connectivity index (χ1) is 8.38. The monoisotopic (exact) mass is 258 g/mol. The third kappa shape index (κ3) is 7.03. The molecule has 0 aliphatic carbocycles. The number of aliphatic carboxylic acids is 1. The van der Waals surface area contributed by atoms with Crippen LogP contribution in [0.5, 0.6) is 0 Å². The first-order valence-electron chi connectivity index (χ1n) is 6.06. The summed E-state index contributed by atoms with van der Waals surface area (Å²) in [6.45, 7) is 4.69. The molecule has 18 heavy (non-hydrogen) atoms. The number of unbranched alkanes of at least 4 members (excludes halogenated alkanes) is 1. The van der Waals surface area contributed by atoms with Crippen LogP contribution in [0.2, 0.25) is 0 Å². The summed E-state index contributed by atoms with van der Waals surface area (Å²) in [6, 6.07) is -1.16. The number of imidazole rings is 1. The number of aliphatic hydroxyl groups excluding tert-OH is 1. The molecule has 0 spiro atoms. The molecule has 4 N–H and O–H groups in total. The van der Waals surface area contributed by atoms with Gasteiger partial charge in [-0.1, -0.05) is 13.3 Å². The standard InChI is InChI=1S/C8H15N2.C4H9NO3/c1-3-4-5-10-7-6-9(2)8-10;1-2(6)3(5)4(7)8/h6-8H,3-5H2,1-2H3;2-3,6H,5H2,1H3,(H,7,8)/q+1;/t;2-,3+/m.1/s1. The van der Waals surface area contributed by atoms with E-state index in [1.54, 1.807) is 0 Å². The van der Waals surface area contributed by atoms with Crippen LogP contribution in [0, 0.1) is 0 Å². The van der Waals surface area contributed by atoms with Crippen molar-refractivity contribution in [3.63, 3.8) is 0 Å². The summed E-state index contributed by atoms with van der Waals surface area (Å²) in [5.74, 6) is -1.18. The van der Waals surface area contributed by atoms with E-state index in [4.69, 9.17) is 15.9 Å². The largest absolute Gasteiger partial charge is 0.480 e. The summed E-state index contributed by atoms with van der Waals surface area (Å²) in [5.41, 5.74) is 4.91. The fraction of sp³-hybridized carbons (Fsp3) is 0.667. The third-order valence-electron chi connectivity index (χ3n) is 2.40. The fourth-order valence-electron chi connectivity index (χ4n) is 1.18. The molecule has 0 radical (unpaired) electrons. The van der Waals surface area contributed by atoms with Gasteiger partial charge in [0.1, 0.15) is 18.4 Å². The van der Waals surface area contributed by atoms with Crippen molar-refractivity contribution in [3.8, 4) is 0 Å². The maximum Gasteiger partial charge on any atom is 0.323 e. The van der Waals surface area contributed by atoms with Gasteiger partial charge in [-0.3, -0.25) is 4.79 Å². The van der Waals surface area contributed by atoms with Crippen molar-refractivity contribution in [2.24, 2.45) is 12.8 Å². The number of aliphatic hydroxyl groups is 1. The molecule has 6 nitrogen and oxygen atoms in total. The lowest BCUT2D eigenvalue weighted by Gasteiger charge is -2.06. The molecular formula is C12H24N3O3+. The van der Waals surface area contributed by atoms with E-state index in [1.165, 1.54) is 19.8 Å². The summed E-state index contributed by atoms with van der Waals surface area (Å²) < 4.78 is 4.28. The van der Waals surface area contributed by atoms with Crippen molar-refractivity contribution in [2.45, 2.75) is 45.4 Å². The molecule has 0 aliphatic rings. The molecule has 0 saturated carbocycles. The first-order valence-corrected chi connectivity index (χ1v) is 6.06. The van der Waals surface area contributed by atoms with Crippen LogP contribution >= 0.6 is 0 Å². The molecule has 104 valence electrons. The van der Waals surface area contributed by atoms with Crippen LogP contribution in [-0.2, 0) is 18.4 Å². The minimum Gasteiger partial charge on any atom is -0.480 e. The van der Waals surface area contributed by atoms with Crippen LogP contribution in [0.4, 0.5) is 0 Å². The maximum atomic E-state index is 9.86. The Hall–Kier alpha value is -1.40. The van der Waals surface area contributed by atoms with Crippen LogP contribution in [0.25, 0.3) is 0 Å². The molecule has 1 heterocycles. The molecule has 0 aliphatic heterocycles. The van der Waals surface area contributed by atoms with E-state index in [9.17, 15) is 4.79 Å². The fourth-order valence-corrected chi connectivity index (χ4v) is 1.18. The van der Waals surface area contributed by atoms with Gasteiger partial charge in [0.15, 0.2) is 0 Å². The quantitative estimate of drug-likeness (QED) is 0.643. The maximum absolute atomic E-state index is 9.86. The third-order valence-corrected chi connectivity index (χ3v) is 2.40. The van der Waals surface area contributed by atoms with Gasteiger partial charge in [0.25, 0.3) is 0 Å². The van der Waals surface area contributed by atoms with Crippen molar-refractivity contribution in [1.82, 2.24) is 4.57 Å². The summed E-state index contributed by atoms with van der Waals surface area (Å²) >= 11 is 0. The highest BCUT2D eigenvalue weighted by Crippen LogP contribution is 1.86. The van der Waals surface area contributed by atoms with Crippen LogP contribution in [0.15, 0.2) is 18.7 Å². The summed E-state index contributed by atoms with van der Waals surface area (Å²) in [7, 11) is 2.04. The van der Waals surface area contributed by atoms with E-state index in [-0.39, 0.29) is 0 Å². The summed E-state index contributed by atoms with van der Waals surface area (Å²) in [6.07, 6.45) is 7.84. The Morgan fingerprint density at radius 3 is 2.44 bits per heavy atom. The van der Waals surface area contributed by atoms with Crippen molar-refractivity contribution in [1.29, 1.82) is 0 Å². The number of aryl methyl sites for hydroxylation is 2. The Balaban J connectivity index is 0.000000331. The van der Waals surface area contributed by atoms with Crippen molar-refractivity contribution in [2.75, 3.05) is 0 Å². The van der Waals surface area contributed by atoms with Gasteiger partial charge in [0.05, 0.1) is 19.7 Å². The van der Waals surface area contributed by atoms with Gasteiger partial charge < -0.3 is 15.9 Å². The van der Waals surface area contributed by atoms with E-state index in [2.05, 4.69) is 34.8 Å². The lowest BCUT2D eigenvalue weighted by molar-refractivity contribution is -0.696. The average molecular weight is 258 g/mol. The number of carboxylic acids is 1. The predicted molar refractivity (Wildman–Crippen MR) is 67.8 cm³/mol. The molecule has 1 aromatic rings. The smallest absolute Gasteiger partial charge is 0.323 e. The second-order valence-corrected chi connectivity index (χ2v) is 4.28. The van der Waals surface area contributed by atoms with E-state index in [1.807, 2.05) is 7.05 Å². The summed E-state index contributed by atoms with van der Waals surface area (Å²) in [4.78, 5) is 9.86. The van der Waals surface area contributed by atoms with Gasteiger partial charge in [0.2, 0.25) is 6.33 Å². The number of hydrogen-bond donors (Lipinski definition) is 3. The lowest BCUT2D eigenvalue weighted by atomic mass is 10.2. The van der Waals surface area contributed by atoms with Gasteiger partial charge >= 0.3 is 5.97 Å². The van der Waals surface area contributed by atoms with E-state index in [0.29, 0.717) is 0 Å². The highest BCUT2D eigenvalue weighted by atomic mass is 16.4. The molecular weight excluding hydrogens is 234 g/mol. The van der Waals surface area contributed by atoms with Gasteiger partial charge in [-0.2, -0.15) is 0 Å². The lowest BCUT2D eigenvalue weighted by Crippen LogP contribution is -2.39. The minimum absolute atomic E-state index is 0.979. The topological polar surface area (TPSA) is 92.4 Å². The Morgan fingerprint density at radius 2 is 2.17 bits per heavy atom. The number of carbonyl (C=O) groups is 1. The van der Waals surface area contributed by atoms with Crippen LogP contribution in [-0.4, -0.2) is 32.9 Å². The SMILES string of the molecule is CCCC[n+]1ccn(C)c1.C[C@@H](O)[C@H](N)C(=O)O. The van der Waals surface area contributed by atoms with E-state index in [0.717, 1.165) is 6.54 Å². The molecule has 0 unspecified atom stereocenters. The molecule has 2 atom stereocenters. The molecule has 0 saturated heterocycles. The molecule has 1 rings (SSSR count). The Bertz CT molecular complexity index is 350. The van der Waals surface area contributed by atoms with Crippen LogP contribution in [0.1, 0.15) is 26.7 Å². The minimum atomic E-state index is -1.18. The number of carboxylic acid groups (broad SMARTS) is 1. The van der Waals surface area contributed by atoms with Gasteiger partial charge in [-0.05, 0) is 13.3 Å². The van der Waals surface area contributed by atoms with Crippen molar-refractivity contribution >= 4 is 5.97 Å². The summed E-state index contributed by atoms with van der Waals surface area (Å²) in [5, 5.41) is 16.6. The predicted octanol–water partition coefficient (Wildman–Crippen LogP) is -0.108. The van der Waals surface area contributed by atoms with Gasteiger partial charge in [0, 0.05) is 0 Å². The second-order valence-electron chi connectivity index (χ2n) is 4.28. The van der Waals surface area contributed by atoms with Crippen LogP contribution in [0.3, 0.4) is 0 Å². The zero-order chi connectivity index (χ0) is 14.1. The Morgan fingerprint density at radius 1 is 1.56 bits per heavy atom. The number of rotatable bonds is 5. The highest BCUT2D eigenvalue weighted by molar-refractivity contribution is 5.73. The van der Waals surface area contributed by atoms with Crippen molar-refractivity contribution < 1.29 is 19.6 Å². The highest BCUT2D eigenvalue weighted by Gasteiger charge is 2.16. The number of hydrogen-bond acceptors (Lipinski definition) is 3. The van der Waals surface area contributed by atoms with Gasteiger partial charge in [-0.15, -0.1) is 0 Å². The molecule has 0 bridgehead atoms. The normalized spacial score (nSPS) is 13.4. The zero-order valence-corrected chi connectivity index (χ0v) is 11.3. The average Bonchev–Trinajstić information content (AvgIpc) is 2.72. The molecule has 0 aromatic carbocycles. The molecule has 0 fully saturated rings. The zero-order valence-electron chi connectivity index (χ0n) is 11.3. The second kappa shape index (κ2) is 8.66. The number of nitrogens with zero attached hydrogens (tertiary/aromatic N) is 2. The Labute approximate surface area is 108 Å². The first kappa shape index (κ1) is 16.6. The van der Waals surface area contributed by atoms with Gasteiger partial charge in [-0.25, -0.2) is 9.13 Å². The van der Waals surface area contributed by atoms with Crippen molar-refractivity contribution in [3.05, 3.63) is 18.7 Å². The van der Waals surface area contributed by atoms with E-state index < -0.39 is 18.1 Å². The van der Waals surface area contributed by atoms with Crippen LogP contribution < -0.4 is 10.3 Å².